The first-order valence-electron chi connectivity index (χ1n) is 6.78. The van der Waals surface area contributed by atoms with Crippen molar-refractivity contribution in [3.8, 4) is 0 Å². The molecule has 5 nitrogen and oxygen atoms in total. The Balaban J connectivity index is 2.00. The predicted octanol–water partition coefficient (Wildman–Crippen LogP) is 3.74. The average Bonchev–Trinajstić information content (AvgIpc) is 2.47. The number of hydrogen-bond acceptors (Lipinski definition) is 5. The molecule has 0 amide bonds. The van der Waals surface area contributed by atoms with Crippen LogP contribution in [0.4, 0.5) is 17.5 Å². The van der Waals surface area contributed by atoms with Crippen LogP contribution in [0.1, 0.15) is 12.0 Å². The Morgan fingerprint density at radius 1 is 1.29 bits per heavy atom. The molecule has 2 N–H and O–H groups in total. The molecular weight excluding hydrogens is 332 g/mol. The van der Waals surface area contributed by atoms with Crippen molar-refractivity contribution in [3.05, 3.63) is 40.5 Å². The maximum absolute atomic E-state index is 5.01. The average molecular weight is 351 g/mol. The number of anilines is 3. The minimum absolute atomic E-state index is 0.610. The van der Waals surface area contributed by atoms with E-state index in [9.17, 15) is 0 Å². The van der Waals surface area contributed by atoms with Gasteiger partial charge in [0.05, 0.1) is 5.69 Å². The number of aromatic nitrogens is 2. The van der Waals surface area contributed by atoms with Crippen LogP contribution in [-0.2, 0) is 4.74 Å². The maximum atomic E-state index is 5.01. The first kappa shape index (κ1) is 15.7. The van der Waals surface area contributed by atoms with Crippen molar-refractivity contribution < 1.29 is 4.74 Å². The van der Waals surface area contributed by atoms with Crippen molar-refractivity contribution in [2.45, 2.75) is 13.3 Å². The standard InChI is InChI=1S/C15H19BrN4O/c1-11-4-5-13(12(16)10-11)19-14-6-8-18-15(20-14)17-7-3-9-21-2/h4-6,8,10H,3,7,9H2,1-2H3,(H2,17,18,19,20). The number of methoxy groups -OCH3 is 1. The summed E-state index contributed by atoms with van der Waals surface area (Å²) in [5.74, 6) is 1.36. The molecule has 0 unspecified atom stereocenters. The summed E-state index contributed by atoms with van der Waals surface area (Å²) in [6.45, 7) is 3.56. The zero-order valence-electron chi connectivity index (χ0n) is 12.2. The van der Waals surface area contributed by atoms with Crippen molar-refractivity contribution in [3.63, 3.8) is 0 Å². The molecule has 0 aliphatic heterocycles. The van der Waals surface area contributed by atoms with Crippen LogP contribution in [0.2, 0.25) is 0 Å². The van der Waals surface area contributed by atoms with Crippen LogP contribution < -0.4 is 10.6 Å². The van der Waals surface area contributed by atoms with E-state index in [0.717, 1.165) is 35.6 Å². The van der Waals surface area contributed by atoms with Gasteiger partial charge < -0.3 is 15.4 Å². The molecule has 21 heavy (non-hydrogen) atoms. The van der Waals surface area contributed by atoms with Gasteiger partial charge in [0.15, 0.2) is 0 Å². The molecule has 1 aromatic heterocycles. The molecule has 112 valence electrons. The fraction of sp³-hybridized carbons (Fsp3) is 0.333. The molecular formula is C15H19BrN4O. The molecule has 0 aliphatic carbocycles. The first-order chi connectivity index (χ1) is 10.2. The Kier molecular flexibility index (Phi) is 5.95. The molecule has 0 saturated heterocycles. The van der Waals surface area contributed by atoms with Crippen molar-refractivity contribution in [2.75, 3.05) is 30.9 Å². The topological polar surface area (TPSA) is 59.1 Å². The molecule has 0 saturated carbocycles. The highest BCUT2D eigenvalue weighted by atomic mass is 79.9. The number of hydrogen-bond donors (Lipinski definition) is 2. The lowest BCUT2D eigenvalue weighted by Gasteiger charge is -2.10. The van der Waals surface area contributed by atoms with E-state index in [1.807, 2.05) is 12.1 Å². The van der Waals surface area contributed by atoms with Gasteiger partial charge in [0.25, 0.3) is 0 Å². The molecule has 2 aromatic rings. The van der Waals surface area contributed by atoms with Crippen LogP contribution in [0.25, 0.3) is 0 Å². The third-order valence-electron chi connectivity index (χ3n) is 2.85. The summed E-state index contributed by atoms with van der Waals surface area (Å²) in [6.07, 6.45) is 2.65. The lowest BCUT2D eigenvalue weighted by atomic mass is 10.2. The maximum Gasteiger partial charge on any atom is 0.224 e. The number of nitrogens with one attached hydrogen (secondary N) is 2. The van der Waals surface area contributed by atoms with Gasteiger partial charge in [-0.25, -0.2) is 4.98 Å². The molecule has 0 bridgehead atoms. The van der Waals surface area contributed by atoms with Gasteiger partial charge in [0, 0.05) is 30.9 Å². The lowest BCUT2D eigenvalue weighted by molar-refractivity contribution is 0.197. The zero-order chi connectivity index (χ0) is 15.1. The molecule has 1 heterocycles. The van der Waals surface area contributed by atoms with Gasteiger partial charge in [-0.3, -0.25) is 0 Å². The molecule has 0 atom stereocenters. The van der Waals surface area contributed by atoms with Gasteiger partial charge in [-0.15, -0.1) is 0 Å². The Labute approximate surface area is 133 Å². The van der Waals surface area contributed by atoms with Gasteiger partial charge in [-0.1, -0.05) is 6.07 Å². The molecule has 2 rings (SSSR count). The van der Waals surface area contributed by atoms with Crippen molar-refractivity contribution in [1.82, 2.24) is 9.97 Å². The Bertz CT molecular complexity index is 592. The van der Waals surface area contributed by atoms with E-state index < -0.39 is 0 Å². The lowest BCUT2D eigenvalue weighted by Crippen LogP contribution is -2.08. The van der Waals surface area contributed by atoms with E-state index in [1.54, 1.807) is 13.3 Å². The summed E-state index contributed by atoms with van der Waals surface area (Å²) >= 11 is 3.55. The molecule has 0 fully saturated rings. The van der Waals surface area contributed by atoms with Crippen LogP contribution in [0.5, 0.6) is 0 Å². The summed E-state index contributed by atoms with van der Waals surface area (Å²) in [5, 5.41) is 6.45. The van der Waals surface area contributed by atoms with Crippen LogP contribution in [0.15, 0.2) is 34.9 Å². The van der Waals surface area contributed by atoms with Gasteiger partial charge in [-0.05, 0) is 53.0 Å². The van der Waals surface area contributed by atoms with Gasteiger partial charge in [0.2, 0.25) is 5.95 Å². The highest BCUT2D eigenvalue weighted by molar-refractivity contribution is 9.10. The normalized spacial score (nSPS) is 10.4. The second-order valence-electron chi connectivity index (χ2n) is 4.65. The molecule has 6 heteroatoms. The van der Waals surface area contributed by atoms with Gasteiger partial charge >= 0.3 is 0 Å². The smallest absolute Gasteiger partial charge is 0.224 e. The van der Waals surface area contributed by atoms with Crippen molar-refractivity contribution in [2.24, 2.45) is 0 Å². The van der Waals surface area contributed by atoms with E-state index >= 15 is 0 Å². The van der Waals surface area contributed by atoms with E-state index in [1.165, 1.54) is 5.56 Å². The van der Waals surface area contributed by atoms with Crippen molar-refractivity contribution in [1.29, 1.82) is 0 Å². The summed E-state index contributed by atoms with van der Waals surface area (Å²) in [4.78, 5) is 8.63. The highest BCUT2D eigenvalue weighted by Gasteiger charge is 2.03. The first-order valence-corrected chi connectivity index (χ1v) is 7.57. The third kappa shape index (κ3) is 4.99. The number of aryl methyl sites for hydroxylation is 1. The SMILES string of the molecule is COCCCNc1nccc(Nc2ccc(C)cc2Br)n1. The second kappa shape index (κ2) is 7.95. The van der Waals surface area contributed by atoms with Gasteiger partial charge in [-0.2, -0.15) is 4.98 Å². The van der Waals surface area contributed by atoms with Crippen LogP contribution >= 0.6 is 15.9 Å². The minimum Gasteiger partial charge on any atom is -0.385 e. The number of ether oxygens (including phenoxy) is 1. The highest BCUT2D eigenvalue weighted by Crippen LogP contribution is 2.26. The Hall–Kier alpha value is -1.66. The molecule has 0 aliphatic rings. The monoisotopic (exact) mass is 350 g/mol. The van der Waals surface area contributed by atoms with Crippen LogP contribution in [0.3, 0.4) is 0 Å². The zero-order valence-corrected chi connectivity index (χ0v) is 13.8. The Morgan fingerprint density at radius 3 is 2.90 bits per heavy atom. The number of halogens is 1. The summed E-state index contributed by atoms with van der Waals surface area (Å²) in [6, 6.07) is 7.98. The molecule has 0 spiro atoms. The van der Waals surface area contributed by atoms with Crippen molar-refractivity contribution >= 4 is 33.4 Å². The third-order valence-corrected chi connectivity index (χ3v) is 3.51. The number of benzene rings is 1. The predicted molar refractivity (Wildman–Crippen MR) is 89.2 cm³/mol. The quantitative estimate of drug-likeness (QED) is 0.745. The number of nitrogens with zero attached hydrogens (tertiary/aromatic N) is 2. The van der Waals surface area contributed by atoms with Crippen LogP contribution in [-0.4, -0.2) is 30.2 Å². The largest absolute Gasteiger partial charge is 0.385 e. The van der Waals surface area contributed by atoms with E-state index in [0.29, 0.717) is 5.95 Å². The molecule has 0 radical (unpaired) electrons. The van der Waals surface area contributed by atoms with E-state index in [-0.39, 0.29) is 0 Å². The fourth-order valence-corrected chi connectivity index (χ4v) is 2.38. The van der Waals surface area contributed by atoms with Gasteiger partial charge in [0.1, 0.15) is 5.82 Å². The van der Waals surface area contributed by atoms with E-state index in [4.69, 9.17) is 4.74 Å². The Morgan fingerprint density at radius 2 is 2.14 bits per heavy atom. The summed E-state index contributed by atoms with van der Waals surface area (Å²) < 4.78 is 6.02. The van der Waals surface area contributed by atoms with Crippen LogP contribution in [0, 0.1) is 6.92 Å². The number of rotatable bonds is 7. The van der Waals surface area contributed by atoms with E-state index in [2.05, 4.69) is 55.6 Å². The molecule has 1 aromatic carbocycles. The minimum atomic E-state index is 0.610. The second-order valence-corrected chi connectivity index (χ2v) is 5.50. The fourth-order valence-electron chi connectivity index (χ4n) is 1.79. The summed E-state index contributed by atoms with van der Waals surface area (Å²) in [5.41, 5.74) is 2.18. The summed E-state index contributed by atoms with van der Waals surface area (Å²) in [7, 11) is 1.69.